The lowest BCUT2D eigenvalue weighted by Crippen LogP contribution is -2.48. The summed E-state index contributed by atoms with van der Waals surface area (Å²) in [4.78, 5) is 13.3. The molecule has 1 saturated heterocycles. The first-order valence-corrected chi connectivity index (χ1v) is 6.30. The maximum absolute atomic E-state index is 12.7. The van der Waals surface area contributed by atoms with Gasteiger partial charge in [-0.15, -0.1) is 0 Å². The molecule has 1 aromatic rings. The van der Waals surface area contributed by atoms with Gasteiger partial charge in [-0.2, -0.15) is 13.2 Å². The molecule has 2 rings (SSSR count). The quantitative estimate of drug-likeness (QED) is 0.862. The number of hydrogen-bond donors (Lipinski definition) is 1. The molecule has 0 spiro atoms. The van der Waals surface area contributed by atoms with Crippen molar-refractivity contribution in [2.75, 3.05) is 13.1 Å². The molecule has 1 amide bonds. The number of rotatable bonds is 1. The van der Waals surface area contributed by atoms with Crippen molar-refractivity contribution in [1.82, 2.24) is 4.90 Å². The van der Waals surface area contributed by atoms with Crippen LogP contribution in [0, 0.1) is 13.8 Å². The normalized spacial score (nSPS) is 23.2. The molecule has 0 aliphatic carbocycles. The first kappa shape index (κ1) is 14.8. The molecule has 110 valence electrons. The van der Waals surface area contributed by atoms with E-state index < -0.39 is 30.7 Å². The fraction of sp³-hybridized carbons (Fsp3) is 0.500. The van der Waals surface area contributed by atoms with Crippen LogP contribution >= 0.6 is 0 Å². The smallest absolute Gasteiger partial charge is 0.379 e. The van der Waals surface area contributed by atoms with Gasteiger partial charge in [0.1, 0.15) is 0 Å². The van der Waals surface area contributed by atoms with Crippen LogP contribution < -0.4 is 0 Å². The molecule has 1 heterocycles. The average molecular weight is 287 g/mol. The first-order valence-electron chi connectivity index (χ1n) is 6.30. The van der Waals surface area contributed by atoms with Crippen molar-refractivity contribution in [2.45, 2.75) is 32.0 Å². The molecule has 1 atom stereocenters. The number of carbonyl (C=O) groups excluding carboxylic acids is 1. The molecular formula is C14H16F3NO2. The SMILES string of the molecule is Cc1cccc(C(=O)N2CCC(O)(C(F)(F)F)C2)c1C. The maximum Gasteiger partial charge on any atom is 0.419 e. The largest absolute Gasteiger partial charge is 0.419 e. The van der Waals surface area contributed by atoms with Gasteiger partial charge in [-0.25, -0.2) is 0 Å². The van der Waals surface area contributed by atoms with Gasteiger partial charge in [0.2, 0.25) is 0 Å². The van der Waals surface area contributed by atoms with Crippen LogP contribution in [0.1, 0.15) is 27.9 Å². The van der Waals surface area contributed by atoms with Crippen LogP contribution in [-0.4, -0.2) is 40.8 Å². The molecule has 0 radical (unpaired) electrons. The van der Waals surface area contributed by atoms with Gasteiger partial charge in [0, 0.05) is 18.5 Å². The van der Waals surface area contributed by atoms with Gasteiger partial charge in [0.15, 0.2) is 5.60 Å². The summed E-state index contributed by atoms with van der Waals surface area (Å²) in [6, 6.07) is 5.12. The van der Waals surface area contributed by atoms with Crippen LogP contribution in [0.5, 0.6) is 0 Å². The Labute approximate surface area is 115 Å². The van der Waals surface area contributed by atoms with Crippen LogP contribution in [0.4, 0.5) is 13.2 Å². The monoisotopic (exact) mass is 287 g/mol. The summed E-state index contributed by atoms with van der Waals surface area (Å²) in [5.74, 6) is -0.466. The van der Waals surface area contributed by atoms with Crippen molar-refractivity contribution >= 4 is 5.91 Å². The second-order valence-electron chi connectivity index (χ2n) is 5.25. The summed E-state index contributed by atoms with van der Waals surface area (Å²) >= 11 is 0. The summed E-state index contributed by atoms with van der Waals surface area (Å²) in [7, 11) is 0. The van der Waals surface area contributed by atoms with E-state index in [1.807, 2.05) is 13.0 Å². The molecule has 0 aromatic heterocycles. The van der Waals surface area contributed by atoms with Crippen molar-refractivity contribution in [3.05, 3.63) is 34.9 Å². The molecule has 1 aliphatic rings. The van der Waals surface area contributed by atoms with Crippen molar-refractivity contribution in [3.63, 3.8) is 0 Å². The minimum atomic E-state index is -4.72. The third-order valence-corrected chi connectivity index (χ3v) is 3.90. The molecule has 6 heteroatoms. The lowest BCUT2D eigenvalue weighted by molar-refractivity contribution is -0.253. The topological polar surface area (TPSA) is 40.5 Å². The molecule has 1 aliphatic heterocycles. The Morgan fingerprint density at radius 1 is 1.35 bits per heavy atom. The highest BCUT2D eigenvalue weighted by Crippen LogP contribution is 2.38. The van der Waals surface area contributed by atoms with E-state index in [9.17, 15) is 23.1 Å². The van der Waals surface area contributed by atoms with Gasteiger partial charge in [-0.3, -0.25) is 4.79 Å². The van der Waals surface area contributed by atoms with Crippen molar-refractivity contribution in [3.8, 4) is 0 Å². The van der Waals surface area contributed by atoms with Crippen LogP contribution in [0.3, 0.4) is 0 Å². The Balaban J connectivity index is 2.23. The zero-order chi connectivity index (χ0) is 15.1. The Kier molecular flexibility index (Phi) is 3.54. The van der Waals surface area contributed by atoms with Gasteiger partial charge < -0.3 is 10.0 Å². The standard InChI is InChI=1S/C14H16F3NO2/c1-9-4-3-5-11(10(9)2)12(19)18-7-6-13(20,8-18)14(15,16)17/h3-5,20H,6-8H2,1-2H3. The zero-order valence-electron chi connectivity index (χ0n) is 11.3. The van der Waals surface area contributed by atoms with E-state index in [4.69, 9.17) is 0 Å². The lowest BCUT2D eigenvalue weighted by atomic mass is 10.0. The van der Waals surface area contributed by atoms with E-state index in [1.54, 1.807) is 19.1 Å². The number of nitrogens with zero attached hydrogens (tertiary/aromatic N) is 1. The van der Waals surface area contributed by atoms with Crippen molar-refractivity contribution in [1.29, 1.82) is 0 Å². The number of hydrogen-bond acceptors (Lipinski definition) is 2. The van der Waals surface area contributed by atoms with E-state index >= 15 is 0 Å². The van der Waals surface area contributed by atoms with Gasteiger partial charge in [0.05, 0.1) is 6.54 Å². The second kappa shape index (κ2) is 4.77. The predicted molar refractivity (Wildman–Crippen MR) is 67.4 cm³/mol. The van der Waals surface area contributed by atoms with Crippen LogP contribution in [0.2, 0.25) is 0 Å². The highest BCUT2D eigenvalue weighted by atomic mass is 19.4. The number of carbonyl (C=O) groups is 1. The molecule has 1 aromatic carbocycles. The fourth-order valence-electron chi connectivity index (χ4n) is 2.35. The van der Waals surface area contributed by atoms with Crippen molar-refractivity contribution < 1.29 is 23.1 Å². The van der Waals surface area contributed by atoms with Crippen LogP contribution in [0.25, 0.3) is 0 Å². The number of β-amino-alcohol motifs (C(OH)–C–C–N with tert-alkyl or cyclic N) is 1. The third kappa shape index (κ3) is 2.40. The molecule has 0 bridgehead atoms. The summed E-state index contributed by atoms with van der Waals surface area (Å²) in [5.41, 5.74) is -0.752. The predicted octanol–water partition coefficient (Wildman–Crippen LogP) is 2.44. The minimum absolute atomic E-state index is 0.0950. The molecule has 0 saturated carbocycles. The molecule has 1 fully saturated rings. The summed E-state index contributed by atoms with van der Waals surface area (Å²) < 4.78 is 38.2. The Morgan fingerprint density at radius 2 is 2.00 bits per heavy atom. The van der Waals surface area contributed by atoms with Gasteiger partial charge in [-0.05, 0) is 31.0 Å². The number of alkyl halides is 3. The highest BCUT2D eigenvalue weighted by Gasteiger charge is 2.57. The first-order chi connectivity index (χ1) is 9.16. The number of aliphatic hydroxyl groups is 1. The van der Waals surface area contributed by atoms with Gasteiger partial charge >= 0.3 is 6.18 Å². The van der Waals surface area contributed by atoms with E-state index in [0.29, 0.717) is 5.56 Å². The Morgan fingerprint density at radius 3 is 2.55 bits per heavy atom. The maximum atomic E-state index is 12.7. The fourth-order valence-corrected chi connectivity index (χ4v) is 2.35. The average Bonchev–Trinajstić information content (AvgIpc) is 2.75. The van der Waals surface area contributed by atoms with Gasteiger partial charge in [-0.1, -0.05) is 12.1 Å². The van der Waals surface area contributed by atoms with E-state index in [-0.39, 0.29) is 6.54 Å². The van der Waals surface area contributed by atoms with E-state index in [0.717, 1.165) is 16.0 Å². The molecule has 20 heavy (non-hydrogen) atoms. The van der Waals surface area contributed by atoms with Crippen LogP contribution in [0.15, 0.2) is 18.2 Å². The highest BCUT2D eigenvalue weighted by molar-refractivity contribution is 5.96. The zero-order valence-corrected chi connectivity index (χ0v) is 11.3. The molecule has 1 N–H and O–H groups in total. The van der Waals surface area contributed by atoms with E-state index in [2.05, 4.69) is 0 Å². The van der Waals surface area contributed by atoms with Gasteiger partial charge in [0.25, 0.3) is 5.91 Å². The summed E-state index contributed by atoms with van der Waals surface area (Å²) in [5, 5.41) is 9.60. The molecule has 1 unspecified atom stereocenters. The van der Waals surface area contributed by atoms with E-state index in [1.165, 1.54) is 0 Å². The minimum Gasteiger partial charge on any atom is -0.379 e. The molecular weight excluding hydrogens is 271 g/mol. The number of benzene rings is 1. The second-order valence-corrected chi connectivity index (χ2v) is 5.25. The summed E-state index contributed by atoms with van der Waals surface area (Å²) in [6.45, 7) is 2.79. The molecule has 3 nitrogen and oxygen atoms in total. The number of halogens is 3. The lowest BCUT2D eigenvalue weighted by Gasteiger charge is -2.26. The Hall–Kier alpha value is -1.56. The number of likely N-dealkylation sites (tertiary alicyclic amines) is 1. The van der Waals surface area contributed by atoms with Crippen LogP contribution in [-0.2, 0) is 0 Å². The Bertz CT molecular complexity index is 542. The number of aryl methyl sites for hydroxylation is 1. The van der Waals surface area contributed by atoms with Crippen molar-refractivity contribution in [2.24, 2.45) is 0 Å². The summed E-state index contributed by atoms with van der Waals surface area (Å²) in [6.07, 6.45) is -5.20. The third-order valence-electron chi connectivity index (χ3n) is 3.90. The number of amides is 1.